The third-order valence-electron chi connectivity index (χ3n) is 4.77. The molecule has 164 valence electrons. The predicted octanol–water partition coefficient (Wildman–Crippen LogP) is 3.37. The molecule has 0 aliphatic heterocycles. The maximum Gasteiger partial charge on any atom is 0.407 e. The van der Waals surface area contributed by atoms with Crippen molar-refractivity contribution in [2.24, 2.45) is 7.05 Å². The molecule has 1 fully saturated rings. The van der Waals surface area contributed by atoms with Crippen LogP contribution >= 0.6 is 11.6 Å². The third-order valence-corrected chi connectivity index (χ3v) is 6.55. The first-order valence-corrected chi connectivity index (χ1v) is 10.2. The summed E-state index contributed by atoms with van der Waals surface area (Å²) in [4.78, 5) is 14.7. The summed E-state index contributed by atoms with van der Waals surface area (Å²) in [6.45, 7) is 0. The van der Waals surface area contributed by atoms with E-state index in [1.165, 1.54) is 4.72 Å². The minimum atomic E-state index is -4.97. The summed E-state index contributed by atoms with van der Waals surface area (Å²) >= 11 is 5.49. The average molecular weight is 473 g/mol. The number of nitrogens with one attached hydrogen (secondary N) is 2. The number of nitrogens with zero attached hydrogens (tertiary/aromatic N) is 2. The molecule has 1 amide bonds. The fourth-order valence-corrected chi connectivity index (χ4v) is 4.73. The van der Waals surface area contributed by atoms with Crippen LogP contribution in [0.3, 0.4) is 0 Å². The molecule has 7 nitrogen and oxygen atoms in total. The van der Waals surface area contributed by atoms with E-state index in [-0.39, 0.29) is 6.42 Å². The fraction of sp³-hybridized carbons (Fsp3) is 0.375. The Balaban J connectivity index is 1.93. The van der Waals surface area contributed by atoms with Crippen LogP contribution < -0.4 is 10.0 Å². The normalized spacial score (nSPS) is 16.2. The van der Waals surface area contributed by atoms with Crippen molar-refractivity contribution in [2.45, 2.75) is 35.9 Å². The number of carbonyl (C=O) groups is 1. The highest BCUT2D eigenvalue weighted by Crippen LogP contribution is 2.46. The van der Waals surface area contributed by atoms with E-state index in [1.807, 2.05) is 5.32 Å². The van der Waals surface area contributed by atoms with E-state index in [4.69, 9.17) is 11.6 Å². The lowest BCUT2D eigenvalue weighted by molar-refractivity contribution is -0.212. The number of halogens is 6. The number of aryl methyl sites for hydroxylation is 1. The summed E-state index contributed by atoms with van der Waals surface area (Å²) in [5.74, 6) is -3.93. The minimum Gasteiger partial charge on any atom is -0.343 e. The van der Waals surface area contributed by atoms with Crippen molar-refractivity contribution in [2.75, 3.05) is 5.32 Å². The molecule has 1 saturated carbocycles. The first-order chi connectivity index (χ1) is 13.8. The lowest BCUT2D eigenvalue weighted by Gasteiger charge is -2.43. The third kappa shape index (κ3) is 3.76. The van der Waals surface area contributed by atoms with Crippen LogP contribution in [0.1, 0.15) is 29.8 Å². The van der Waals surface area contributed by atoms with Gasteiger partial charge in [0.15, 0.2) is 16.8 Å². The quantitative estimate of drug-likeness (QED) is 0.515. The number of carbonyl (C=O) groups excluding carboxylic acids is 1. The Morgan fingerprint density at radius 3 is 2.43 bits per heavy atom. The molecular formula is C16H14ClF5N4O3S. The molecule has 0 saturated heterocycles. The highest BCUT2D eigenvalue weighted by atomic mass is 35.5. The summed E-state index contributed by atoms with van der Waals surface area (Å²) < 4.78 is 95.8. The van der Waals surface area contributed by atoms with Gasteiger partial charge in [-0.2, -0.15) is 17.9 Å². The zero-order valence-corrected chi connectivity index (χ0v) is 16.7. The molecule has 0 bridgehead atoms. The van der Waals surface area contributed by atoms with Crippen molar-refractivity contribution in [1.82, 2.24) is 14.3 Å². The maximum absolute atomic E-state index is 14.8. The molecule has 0 aromatic carbocycles. The zero-order chi connectivity index (χ0) is 22.5. The topological polar surface area (TPSA) is 93.1 Å². The number of alkyl halides is 3. The van der Waals surface area contributed by atoms with Crippen LogP contribution in [0.2, 0.25) is 5.15 Å². The van der Waals surface area contributed by atoms with Crippen LogP contribution in [-0.4, -0.2) is 35.6 Å². The maximum atomic E-state index is 14.8. The number of rotatable bonds is 5. The molecular weight excluding hydrogens is 459 g/mol. The van der Waals surface area contributed by atoms with Gasteiger partial charge in [0, 0.05) is 19.4 Å². The van der Waals surface area contributed by atoms with Crippen molar-refractivity contribution in [3.63, 3.8) is 0 Å². The van der Waals surface area contributed by atoms with Crippen molar-refractivity contribution >= 4 is 33.2 Å². The van der Waals surface area contributed by atoms with Crippen LogP contribution in [0, 0.1) is 11.6 Å². The van der Waals surface area contributed by atoms with Crippen LogP contribution in [-0.2, 0) is 17.1 Å². The molecule has 30 heavy (non-hydrogen) atoms. The summed E-state index contributed by atoms with van der Waals surface area (Å²) in [5, 5.41) is 1.45. The van der Waals surface area contributed by atoms with Crippen LogP contribution in [0.25, 0.3) is 0 Å². The monoisotopic (exact) mass is 472 g/mol. The van der Waals surface area contributed by atoms with E-state index in [0.717, 1.165) is 23.9 Å². The predicted molar refractivity (Wildman–Crippen MR) is 95.5 cm³/mol. The highest BCUT2D eigenvalue weighted by Gasteiger charge is 2.60. The Morgan fingerprint density at radius 1 is 1.27 bits per heavy atom. The molecule has 1 aliphatic carbocycles. The summed E-state index contributed by atoms with van der Waals surface area (Å²) in [6.07, 6.45) is -3.98. The minimum absolute atomic E-state index is 0.146. The van der Waals surface area contributed by atoms with E-state index in [9.17, 15) is 35.2 Å². The molecule has 3 rings (SSSR count). The van der Waals surface area contributed by atoms with Crippen LogP contribution in [0.4, 0.5) is 27.6 Å². The number of aromatic nitrogens is 2. The lowest BCUT2D eigenvalue weighted by Crippen LogP contribution is -2.62. The number of sulfonamides is 1. The summed E-state index contributed by atoms with van der Waals surface area (Å²) in [5.41, 5.74) is -3.97. The van der Waals surface area contributed by atoms with Crippen LogP contribution in [0.15, 0.2) is 23.4 Å². The number of pyridine rings is 1. The van der Waals surface area contributed by atoms with Crippen molar-refractivity contribution in [1.29, 1.82) is 0 Å². The number of anilines is 1. The van der Waals surface area contributed by atoms with Gasteiger partial charge in [0.2, 0.25) is 10.0 Å². The molecule has 1 aliphatic rings. The Morgan fingerprint density at radius 2 is 1.90 bits per heavy atom. The highest BCUT2D eigenvalue weighted by molar-refractivity contribution is 7.89. The lowest BCUT2D eigenvalue weighted by atomic mass is 9.77. The van der Waals surface area contributed by atoms with Crippen LogP contribution in [0.5, 0.6) is 0 Å². The van der Waals surface area contributed by atoms with Crippen molar-refractivity contribution in [3.8, 4) is 0 Å². The molecule has 0 unspecified atom stereocenters. The standard InChI is InChI=1S/C16H14ClF5N4O3S/c1-26-7-9(30(28,29)25-15(4-2-5-15)16(20,21)22)11(19)12(26)14(27)24-8-3-6-23-13(17)10(8)18/h3,6-7,25H,2,4-5H2,1H3,(H,23,24,27). The number of hydrogen-bond acceptors (Lipinski definition) is 4. The second-order valence-corrected chi connectivity index (χ2v) is 8.73. The molecule has 14 heteroatoms. The van der Waals surface area contributed by atoms with Gasteiger partial charge in [-0.1, -0.05) is 11.6 Å². The second kappa shape index (κ2) is 7.46. The van der Waals surface area contributed by atoms with Gasteiger partial charge in [0.25, 0.3) is 5.91 Å². The summed E-state index contributed by atoms with van der Waals surface area (Å²) in [7, 11) is -3.86. The van der Waals surface area contributed by atoms with Gasteiger partial charge in [-0.25, -0.2) is 22.2 Å². The average Bonchev–Trinajstić information content (AvgIpc) is 2.89. The van der Waals surface area contributed by atoms with E-state index >= 15 is 0 Å². The second-order valence-electron chi connectivity index (χ2n) is 6.72. The fourth-order valence-electron chi connectivity index (χ4n) is 3.00. The SMILES string of the molecule is Cn1cc(S(=O)(=O)NC2(C(F)(F)F)CCC2)c(F)c1C(=O)Nc1ccnc(Cl)c1F. The molecule has 2 heterocycles. The van der Waals surface area contributed by atoms with Gasteiger partial charge in [0.05, 0.1) is 5.69 Å². The zero-order valence-electron chi connectivity index (χ0n) is 15.1. The summed E-state index contributed by atoms with van der Waals surface area (Å²) in [6, 6.07) is 1.03. The Kier molecular flexibility index (Phi) is 5.58. The first-order valence-electron chi connectivity index (χ1n) is 8.36. The number of hydrogen-bond donors (Lipinski definition) is 2. The Hall–Kier alpha value is -2.25. The van der Waals surface area contributed by atoms with Gasteiger partial charge in [-0.05, 0) is 25.3 Å². The Labute approximate surface area is 172 Å². The van der Waals surface area contributed by atoms with E-state index in [0.29, 0.717) is 6.20 Å². The molecule has 2 aromatic rings. The van der Waals surface area contributed by atoms with Gasteiger partial charge in [-0.15, -0.1) is 0 Å². The molecule has 2 aromatic heterocycles. The van der Waals surface area contributed by atoms with Gasteiger partial charge in [0.1, 0.15) is 16.1 Å². The van der Waals surface area contributed by atoms with Gasteiger partial charge >= 0.3 is 6.18 Å². The molecule has 2 N–H and O–H groups in total. The van der Waals surface area contributed by atoms with Gasteiger partial charge < -0.3 is 9.88 Å². The number of amides is 1. The van der Waals surface area contributed by atoms with E-state index in [1.54, 1.807) is 0 Å². The van der Waals surface area contributed by atoms with E-state index in [2.05, 4.69) is 4.98 Å². The van der Waals surface area contributed by atoms with Gasteiger partial charge in [-0.3, -0.25) is 4.79 Å². The first kappa shape index (κ1) is 22.4. The molecule has 0 radical (unpaired) electrons. The van der Waals surface area contributed by atoms with E-state index < -0.39 is 73.6 Å². The smallest absolute Gasteiger partial charge is 0.343 e. The van der Waals surface area contributed by atoms with Crippen molar-refractivity contribution < 1.29 is 35.2 Å². The molecule has 0 atom stereocenters. The molecule has 0 spiro atoms. The van der Waals surface area contributed by atoms with Crippen molar-refractivity contribution in [3.05, 3.63) is 40.9 Å². The largest absolute Gasteiger partial charge is 0.407 e. The Bertz CT molecular complexity index is 1110.